The van der Waals surface area contributed by atoms with Crippen LogP contribution in [-0.4, -0.2) is 34.7 Å². The van der Waals surface area contributed by atoms with Gasteiger partial charge >= 0.3 is 0 Å². The monoisotopic (exact) mass is 565 g/mol. The van der Waals surface area contributed by atoms with E-state index in [-0.39, 0.29) is 29.5 Å². The maximum atomic E-state index is 15.2. The topological polar surface area (TPSA) is 78.5 Å². The van der Waals surface area contributed by atoms with Crippen molar-refractivity contribution in [2.75, 3.05) is 0 Å². The Morgan fingerprint density at radius 3 is 2.70 bits per heavy atom. The summed E-state index contributed by atoms with van der Waals surface area (Å²) in [7, 11) is 0. The number of piperidine rings is 1. The second-order valence-electron chi connectivity index (χ2n) is 11.9. The van der Waals surface area contributed by atoms with E-state index in [1.54, 1.807) is 17.0 Å². The lowest BCUT2D eigenvalue weighted by molar-refractivity contribution is -0.136. The minimum atomic E-state index is -0.647. The number of halogens is 1. The number of benzene rings is 2. The van der Waals surface area contributed by atoms with Crippen LogP contribution in [0.5, 0.6) is 0 Å². The molecule has 40 heavy (non-hydrogen) atoms. The van der Waals surface area contributed by atoms with Gasteiger partial charge in [0.2, 0.25) is 11.8 Å². The van der Waals surface area contributed by atoms with Crippen LogP contribution in [-0.2, 0) is 28.4 Å². The molecule has 2 heterocycles. The minimum Gasteiger partial charge on any atom is -0.322 e. The zero-order valence-corrected chi connectivity index (χ0v) is 24.5. The number of hydrogen-bond acceptors (Lipinski definition) is 5. The fraction of sp³-hybridized carbons (Fsp3) is 0.531. The molecule has 3 aliphatic rings. The minimum absolute atomic E-state index is 0.197. The Balaban J connectivity index is 1.22. The molecule has 8 heteroatoms. The molecule has 2 aliphatic heterocycles. The predicted molar refractivity (Wildman–Crippen MR) is 155 cm³/mol. The number of carbonyl (C=O) groups is 3. The third kappa shape index (κ3) is 5.84. The van der Waals surface area contributed by atoms with E-state index in [1.165, 1.54) is 37.4 Å². The van der Waals surface area contributed by atoms with E-state index in [0.717, 1.165) is 28.4 Å². The Hall–Kier alpha value is -2.71. The van der Waals surface area contributed by atoms with Crippen LogP contribution in [0.25, 0.3) is 0 Å². The van der Waals surface area contributed by atoms with Crippen LogP contribution in [0.4, 0.5) is 4.39 Å². The van der Waals surface area contributed by atoms with Crippen molar-refractivity contribution >= 4 is 29.5 Å². The number of carbonyl (C=O) groups excluding carboxylic acids is 3. The molecule has 1 unspecified atom stereocenters. The number of nitrogens with one attached hydrogen (secondary N) is 2. The van der Waals surface area contributed by atoms with E-state index in [2.05, 4.69) is 31.4 Å². The summed E-state index contributed by atoms with van der Waals surface area (Å²) in [6.45, 7) is 7.91. The van der Waals surface area contributed by atoms with E-state index in [9.17, 15) is 14.4 Å². The lowest BCUT2D eigenvalue weighted by atomic mass is 9.66. The average Bonchev–Trinajstić information content (AvgIpc) is 3.28. The van der Waals surface area contributed by atoms with Gasteiger partial charge in [0.25, 0.3) is 5.91 Å². The van der Waals surface area contributed by atoms with Crippen LogP contribution in [0.15, 0.2) is 41.3 Å². The van der Waals surface area contributed by atoms with E-state index < -0.39 is 11.9 Å². The molecular formula is C32H40FN3O3S. The Morgan fingerprint density at radius 2 is 1.98 bits per heavy atom. The van der Waals surface area contributed by atoms with Crippen LogP contribution in [0.3, 0.4) is 0 Å². The van der Waals surface area contributed by atoms with Gasteiger partial charge in [-0.2, -0.15) is 0 Å². The fourth-order valence-electron chi connectivity index (χ4n) is 6.47. The molecule has 1 aliphatic carbocycles. The molecule has 1 saturated heterocycles. The van der Waals surface area contributed by atoms with Crippen molar-refractivity contribution in [3.63, 3.8) is 0 Å². The lowest BCUT2D eigenvalue weighted by Gasteiger charge is -2.44. The number of imide groups is 1. The van der Waals surface area contributed by atoms with Gasteiger partial charge in [0, 0.05) is 41.8 Å². The van der Waals surface area contributed by atoms with E-state index >= 15 is 4.39 Å². The second-order valence-corrected chi connectivity index (χ2v) is 12.9. The molecule has 1 saturated carbocycles. The number of nitrogens with zero attached hydrogens (tertiary/aromatic N) is 1. The molecule has 4 atom stereocenters. The highest BCUT2D eigenvalue weighted by molar-refractivity contribution is 7.98. The van der Waals surface area contributed by atoms with Crippen LogP contribution >= 0.6 is 11.8 Å². The normalized spacial score (nSPS) is 26.6. The molecule has 0 aromatic heterocycles. The first kappa shape index (κ1) is 28.8. The molecule has 2 aromatic carbocycles. The Labute approximate surface area is 240 Å². The number of thioether (sulfide) groups is 1. The van der Waals surface area contributed by atoms with Crippen LogP contribution in [0.1, 0.15) is 92.8 Å². The maximum absolute atomic E-state index is 15.2. The van der Waals surface area contributed by atoms with Crippen molar-refractivity contribution in [2.24, 2.45) is 11.3 Å². The van der Waals surface area contributed by atoms with Crippen molar-refractivity contribution < 1.29 is 18.8 Å². The third-order valence-electron chi connectivity index (χ3n) is 9.51. The van der Waals surface area contributed by atoms with Gasteiger partial charge in [0.05, 0.1) is 0 Å². The molecule has 0 bridgehead atoms. The van der Waals surface area contributed by atoms with Crippen molar-refractivity contribution in [1.82, 2.24) is 15.5 Å². The van der Waals surface area contributed by atoms with Crippen molar-refractivity contribution in [1.29, 1.82) is 0 Å². The van der Waals surface area contributed by atoms with Crippen molar-refractivity contribution in [2.45, 2.75) is 102 Å². The zero-order valence-electron chi connectivity index (χ0n) is 23.7. The fourth-order valence-corrected chi connectivity index (χ4v) is 7.54. The van der Waals surface area contributed by atoms with E-state index in [0.29, 0.717) is 42.4 Å². The number of fused-ring (bicyclic) bond motifs is 1. The maximum Gasteiger partial charge on any atom is 0.255 e. The van der Waals surface area contributed by atoms with Crippen LogP contribution < -0.4 is 10.6 Å². The van der Waals surface area contributed by atoms with Crippen LogP contribution in [0.2, 0.25) is 0 Å². The quantitative estimate of drug-likeness (QED) is 0.290. The van der Waals surface area contributed by atoms with Crippen LogP contribution in [0, 0.1) is 17.2 Å². The number of hydrogen-bond donors (Lipinski definition) is 2. The van der Waals surface area contributed by atoms with Gasteiger partial charge in [-0.15, -0.1) is 11.8 Å². The molecule has 2 fully saturated rings. The van der Waals surface area contributed by atoms with Gasteiger partial charge in [-0.05, 0) is 78.3 Å². The summed E-state index contributed by atoms with van der Waals surface area (Å²) in [4.78, 5) is 39.5. The molecule has 214 valence electrons. The van der Waals surface area contributed by atoms with Crippen molar-refractivity contribution in [3.05, 3.63) is 64.5 Å². The molecular weight excluding hydrogens is 525 g/mol. The van der Waals surface area contributed by atoms with E-state index in [1.807, 2.05) is 24.3 Å². The van der Waals surface area contributed by atoms with Gasteiger partial charge in [0.1, 0.15) is 11.9 Å². The smallest absolute Gasteiger partial charge is 0.255 e. The predicted octanol–water partition coefficient (Wildman–Crippen LogP) is 5.96. The largest absolute Gasteiger partial charge is 0.322 e. The van der Waals surface area contributed by atoms with Gasteiger partial charge in [-0.3, -0.25) is 19.7 Å². The van der Waals surface area contributed by atoms with Crippen molar-refractivity contribution in [3.8, 4) is 0 Å². The lowest BCUT2D eigenvalue weighted by Crippen LogP contribution is -2.52. The van der Waals surface area contributed by atoms with Gasteiger partial charge < -0.3 is 10.2 Å². The van der Waals surface area contributed by atoms with E-state index in [4.69, 9.17) is 0 Å². The first-order valence-corrected chi connectivity index (χ1v) is 15.6. The highest BCUT2D eigenvalue weighted by Crippen LogP contribution is 2.42. The van der Waals surface area contributed by atoms with Gasteiger partial charge in [0.15, 0.2) is 0 Å². The highest BCUT2D eigenvalue weighted by atomic mass is 32.2. The summed E-state index contributed by atoms with van der Waals surface area (Å²) in [5, 5.41) is 6.10. The zero-order chi connectivity index (χ0) is 28.4. The van der Waals surface area contributed by atoms with Gasteiger partial charge in [-0.1, -0.05) is 45.4 Å². The first-order chi connectivity index (χ1) is 19.2. The number of amides is 3. The molecule has 0 spiro atoms. The molecule has 5 rings (SSSR count). The average molecular weight is 566 g/mol. The Bertz CT molecular complexity index is 1300. The summed E-state index contributed by atoms with van der Waals surface area (Å²) in [5.41, 5.74) is 3.30. The third-order valence-corrected chi connectivity index (χ3v) is 10.7. The Kier molecular flexibility index (Phi) is 8.66. The summed E-state index contributed by atoms with van der Waals surface area (Å²) in [5.74, 6) is 0.0721. The second kappa shape index (κ2) is 12.0. The summed E-state index contributed by atoms with van der Waals surface area (Å²) in [6.07, 6.45) is 6.64. The molecule has 2 N–H and O–H groups in total. The molecule has 2 aromatic rings. The first-order valence-electron chi connectivity index (χ1n) is 14.6. The highest BCUT2D eigenvalue weighted by Gasteiger charge is 2.40. The summed E-state index contributed by atoms with van der Waals surface area (Å²) in [6, 6.07) is 10.9. The van der Waals surface area contributed by atoms with Gasteiger partial charge in [-0.25, -0.2) is 4.39 Å². The SMILES string of the molecule is CC[C@@H]1CC[C@](C)(CC)[C@@H](NCc2ccc(CSc3cccc4c3CN(C3CCC(=O)NC3=O)C4=O)c(F)c2)C1. The standard InChI is InChI=1S/C32H40FN3O3S/c1-4-20-13-14-32(3,5-2)28(16-20)34-17-21-9-10-22(25(33)15-21)19-40-27-8-6-7-23-24(27)18-36(31(23)39)26-11-12-29(37)35-30(26)38/h6-10,15,20,26,28,34H,4-5,11-14,16-19H2,1-3H3,(H,35,37,38)/t20-,26?,28+,32+/m1/s1. The molecule has 3 amide bonds. The molecule has 6 nitrogen and oxygen atoms in total. The Morgan fingerprint density at radius 1 is 1.15 bits per heavy atom. The summed E-state index contributed by atoms with van der Waals surface area (Å²) >= 11 is 1.50. The number of rotatable bonds is 9. The molecule has 0 radical (unpaired) electrons. The summed E-state index contributed by atoms with van der Waals surface area (Å²) < 4.78 is 15.2.